The molecule has 0 heterocycles. The van der Waals surface area contributed by atoms with Gasteiger partial charge in [-0.25, -0.2) is 0 Å². The van der Waals surface area contributed by atoms with E-state index < -0.39 is 0 Å². The second-order valence-corrected chi connectivity index (χ2v) is 3.82. The lowest BCUT2D eigenvalue weighted by Crippen LogP contribution is -1.94. The molecule has 0 aliphatic heterocycles. The maximum atomic E-state index is 11.2. The van der Waals surface area contributed by atoms with Gasteiger partial charge in [0.15, 0.2) is 5.78 Å². The summed E-state index contributed by atoms with van der Waals surface area (Å²) in [6, 6.07) is 5.42. The van der Waals surface area contributed by atoms with Gasteiger partial charge in [0.1, 0.15) is 0 Å². The smallest absolute Gasteiger partial charge is 0.186 e. The summed E-state index contributed by atoms with van der Waals surface area (Å²) < 4.78 is 1.64. The van der Waals surface area contributed by atoms with Gasteiger partial charge in [-0.05, 0) is 50.1 Å². The van der Waals surface area contributed by atoms with E-state index in [0.717, 1.165) is 8.95 Å². The number of carbonyl (C=O) groups is 1. The predicted molar refractivity (Wildman–Crippen MR) is 56.4 cm³/mol. The molecule has 1 rings (SSSR count). The summed E-state index contributed by atoms with van der Waals surface area (Å²) in [5, 5.41) is 0. The van der Waals surface area contributed by atoms with Gasteiger partial charge in [-0.1, -0.05) is 12.6 Å². The van der Waals surface area contributed by atoms with Gasteiger partial charge >= 0.3 is 0 Å². The van der Waals surface area contributed by atoms with E-state index in [1.165, 1.54) is 6.08 Å². The number of carbonyl (C=O) groups excluding carboxylic acids is 1. The Hall–Kier alpha value is -0.410. The average Bonchev–Trinajstić information content (AvgIpc) is 2.08. The Morgan fingerprint density at radius 1 is 1.42 bits per heavy atom. The van der Waals surface area contributed by atoms with E-state index in [1.807, 2.05) is 12.1 Å². The molecule has 12 heavy (non-hydrogen) atoms. The van der Waals surface area contributed by atoms with Crippen LogP contribution in [0.2, 0.25) is 0 Å². The normalized spacial score (nSPS) is 9.50. The SMILES string of the molecule is C=CC(=O)c1cccc(Br)c1Br. The van der Waals surface area contributed by atoms with Gasteiger partial charge in [-0.2, -0.15) is 0 Å². The molecule has 0 bridgehead atoms. The fraction of sp³-hybridized carbons (Fsp3) is 0. The third kappa shape index (κ3) is 1.84. The minimum absolute atomic E-state index is 0.0804. The van der Waals surface area contributed by atoms with E-state index in [2.05, 4.69) is 38.4 Å². The standard InChI is InChI=1S/C9H6Br2O/c1-2-8(12)6-4-3-5-7(10)9(6)11/h2-5H,1H2. The van der Waals surface area contributed by atoms with Gasteiger partial charge in [-0.3, -0.25) is 4.79 Å². The van der Waals surface area contributed by atoms with Crippen LogP contribution in [-0.2, 0) is 0 Å². The van der Waals surface area contributed by atoms with Crippen molar-refractivity contribution in [1.29, 1.82) is 0 Å². The molecule has 0 saturated carbocycles. The van der Waals surface area contributed by atoms with Crippen LogP contribution in [0.15, 0.2) is 39.8 Å². The van der Waals surface area contributed by atoms with E-state index in [4.69, 9.17) is 0 Å². The summed E-state index contributed by atoms with van der Waals surface area (Å²) in [6.45, 7) is 3.42. The molecule has 0 spiro atoms. The van der Waals surface area contributed by atoms with Gasteiger partial charge in [0.2, 0.25) is 0 Å². The summed E-state index contributed by atoms with van der Waals surface area (Å²) in [7, 11) is 0. The van der Waals surface area contributed by atoms with Gasteiger partial charge in [0.05, 0.1) is 0 Å². The van der Waals surface area contributed by atoms with Crippen LogP contribution in [0, 0.1) is 0 Å². The fourth-order valence-electron chi connectivity index (χ4n) is 0.804. The van der Waals surface area contributed by atoms with Gasteiger partial charge in [-0.15, -0.1) is 0 Å². The first-order chi connectivity index (χ1) is 5.66. The topological polar surface area (TPSA) is 17.1 Å². The molecule has 0 aromatic heterocycles. The Labute approximate surface area is 87.7 Å². The molecule has 62 valence electrons. The van der Waals surface area contributed by atoms with Crippen molar-refractivity contribution in [3.05, 3.63) is 45.4 Å². The molecule has 0 amide bonds. The highest BCUT2D eigenvalue weighted by Gasteiger charge is 2.07. The Bertz CT molecular complexity index is 331. The molecule has 0 fully saturated rings. The van der Waals surface area contributed by atoms with Crippen LogP contribution < -0.4 is 0 Å². The van der Waals surface area contributed by atoms with Crippen molar-refractivity contribution in [3.63, 3.8) is 0 Å². The lowest BCUT2D eigenvalue weighted by atomic mass is 10.1. The molecular formula is C9H6Br2O. The first kappa shape index (κ1) is 9.68. The Balaban J connectivity index is 3.25. The Morgan fingerprint density at radius 2 is 2.08 bits per heavy atom. The second kappa shape index (κ2) is 4.01. The monoisotopic (exact) mass is 288 g/mol. The highest BCUT2D eigenvalue weighted by Crippen LogP contribution is 2.26. The molecule has 0 atom stereocenters. The van der Waals surface area contributed by atoms with Crippen LogP contribution in [0.4, 0.5) is 0 Å². The molecule has 0 aliphatic carbocycles. The van der Waals surface area contributed by atoms with Gasteiger partial charge < -0.3 is 0 Å². The Kier molecular flexibility index (Phi) is 3.23. The lowest BCUT2D eigenvalue weighted by Gasteiger charge is -2.00. The third-order valence-corrected chi connectivity index (χ3v) is 3.45. The zero-order valence-electron chi connectivity index (χ0n) is 6.18. The maximum Gasteiger partial charge on any atom is 0.186 e. The minimum Gasteiger partial charge on any atom is -0.289 e. The van der Waals surface area contributed by atoms with Crippen molar-refractivity contribution in [2.75, 3.05) is 0 Å². The molecule has 3 heteroatoms. The van der Waals surface area contributed by atoms with Crippen LogP contribution in [0.5, 0.6) is 0 Å². The number of hydrogen-bond acceptors (Lipinski definition) is 1. The molecule has 1 nitrogen and oxygen atoms in total. The van der Waals surface area contributed by atoms with Crippen molar-refractivity contribution in [1.82, 2.24) is 0 Å². The van der Waals surface area contributed by atoms with Gasteiger partial charge in [0, 0.05) is 14.5 Å². The van der Waals surface area contributed by atoms with Crippen LogP contribution >= 0.6 is 31.9 Å². The summed E-state index contributed by atoms with van der Waals surface area (Å²) in [6.07, 6.45) is 1.30. The van der Waals surface area contributed by atoms with Crippen molar-refractivity contribution < 1.29 is 4.79 Å². The first-order valence-corrected chi connectivity index (χ1v) is 4.86. The third-order valence-electron chi connectivity index (χ3n) is 1.40. The van der Waals surface area contributed by atoms with E-state index in [0.29, 0.717) is 5.56 Å². The maximum absolute atomic E-state index is 11.2. The Morgan fingerprint density at radius 3 is 2.67 bits per heavy atom. The summed E-state index contributed by atoms with van der Waals surface area (Å²) in [5.74, 6) is -0.0804. The van der Waals surface area contributed by atoms with Crippen LogP contribution in [0.1, 0.15) is 10.4 Å². The number of allylic oxidation sites excluding steroid dienone is 1. The fourth-order valence-corrected chi connectivity index (χ4v) is 1.63. The molecule has 0 aliphatic rings. The van der Waals surface area contributed by atoms with E-state index >= 15 is 0 Å². The number of hydrogen-bond donors (Lipinski definition) is 0. The molecular weight excluding hydrogens is 284 g/mol. The van der Waals surface area contributed by atoms with Crippen molar-refractivity contribution in [2.24, 2.45) is 0 Å². The van der Waals surface area contributed by atoms with Crippen LogP contribution in [0.25, 0.3) is 0 Å². The number of rotatable bonds is 2. The number of halogens is 2. The van der Waals surface area contributed by atoms with Crippen molar-refractivity contribution in [3.8, 4) is 0 Å². The zero-order valence-corrected chi connectivity index (χ0v) is 9.35. The molecule has 1 aromatic rings. The average molecular weight is 290 g/mol. The van der Waals surface area contributed by atoms with Crippen LogP contribution in [-0.4, -0.2) is 5.78 Å². The first-order valence-electron chi connectivity index (χ1n) is 3.27. The minimum atomic E-state index is -0.0804. The zero-order chi connectivity index (χ0) is 9.14. The number of ketones is 1. The van der Waals surface area contributed by atoms with E-state index in [-0.39, 0.29) is 5.78 Å². The van der Waals surface area contributed by atoms with Gasteiger partial charge in [0.25, 0.3) is 0 Å². The summed E-state index contributed by atoms with van der Waals surface area (Å²) >= 11 is 6.62. The number of benzene rings is 1. The summed E-state index contributed by atoms with van der Waals surface area (Å²) in [5.41, 5.74) is 0.624. The summed E-state index contributed by atoms with van der Waals surface area (Å²) in [4.78, 5) is 11.2. The van der Waals surface area contributed by atoms with Crippen molar-refractivity contribution in [2.45, 2.75) is 0 Å². The predicted octanol–water partition coefficient (Wildman–Crippen LogP) is 3.58. The molecule has 0 saturated heterocycles. The largest absolute Gasteiger partial charge is 0.289 e. The highest BCUT2D eigenvalue weighted by atomic mass is 79.9. The second-order valence-electron chi connectivity index (χ2n) is 2.17. The lowest BCUT2D eigenvalue weighted by molar-refractivity contribution is 0.104. The van der Waals surface area contributed by atoms with Crippen molar-refractivity contribution >= 4 is 37.6 Å². The van der Waals surface area contributed by atoms with E-state index in [9.17, 15) is 4.79 Å². The molecule has 0 radical (unpaired) electrons. The van der Waals surface area contributed by atoms with Crippen LogP contribution in [0.3, 0.4) is 0 Å². The highest BCUT2D eigenvalue weighted by molar-refractivity contribution is 9.13. The van der Waals surface area contributed by atoms with E-state index in [1.54, 1.807) is 6.07 Å². The molecule has 1 aromatic carbocycles. The molecule has 0 unspecified atom stereocenters. The molecule has 0 N–H and O–H groups in total. The quantitative estimate of drug-likeness (QED) is 0.601.